The van der Waals surface area contributed by atoms with Crippen molar-refractivity contribution >= 4 is 0 Å². The van der Waals surface area contributed by atoms with E-state index in [-0.39, 0.29) is 5.92 Å². The largest absolute Gasteiger partial charge is 0.497 e. The average Bonchev–Trinajstić information content (AvgIpc) is 2.60. The summed E-state index contributed by atoms with van der Waals surface area (Å²) in [4.78, 5) is 0. The number of rotatable bonds is 8. The summed E-state index contributed by atoms with van der Waals surface area (Å²) in [6.45, 7) is 3.17. The van der Waals surface area contributed by atoms with E-state index < -0.39 is 0 Å². The molecule has 0 aliphatic rings. The predicted octanol–water partition coefficient (Wildman–Crippen LogP) is 3.39. The van der Waals surface area contributed by atoms with Crippen LogP contribution in [0.5, 0.6) is 17.2 Å². The Balaban J connectivity index is 2.30. The third-order valence-corrected chi connectivity index (χ3v) is 3.90. The maximum absolute atomic E-state index is 6.04. The molecule has 0 fully saturated rings. The molecule has 1 unspecified atom stereocenters. The van der Waals surface area contributed by atoms with Gasteiger partial charge in [0.2, 0.25) is 0 Å². The number of nitrogens with two attached hydrogens (primary N) is 1. The van der Waals surface area contributed by atoms with Crippen LogP contribution in [0.25, 0.3) is 0 Å². The lowest BCUT2D eigenvalue weighted by Gasteiger charge is -2.20. The van der Waals surface area contributed by atoms with Gasteiger partial charge in [-0.25, -0.2) is 0 Å². The second kappa shape index (κ2) is 8.44. The number of methoxy groups -OCH3 is 2. The number of para-hydroxylation sites is 1. The molecule has 4 nitrogen and oxygen atoms in total. The van der Waals surface area contributed by atoms with Crippen LogP contribution in [0.1, 0.15) is 24.0 Å². The first-order valence-electron chi connectivity index (χ1n) is 7.86. The highest BCUT2D eigenvalue weighted by Crippen LogP contribution is 2.33. The third kappa shape index (κ3) is 4.17. The van der Waals surface area contributed by atoms with Gasteiger partial charge in [-0.1, -0.05) is 24.3 Å². The van der Waals surface area contributed by atoms with Crippen LogP contribution in [0.15, 0.2) is 42.5 Å². The minimum atomic E-state index is 0.150. The molecular weight excluding hydrogens is 290 g/mol. The van der Waals surface area contributed by atoms with Gasteiger partial charge in [-0.2, -0.15) is 0 Å². The van der Waals surface area contributed by atoms with Crippen molar-refractivity contribution in [2.24, 2.45) is 5.73 Å². The molecule has 1 atom stereocenters. The first kappa shape index (κ1) is 17.2. The molecule has 0 spiro atoms. The zero-order valence-electron chi connectivity index (χ0n) is 14.0. The van der Waals surface area contributed by atoms with Crippen molar-refractivity contribution in [3.63, 3.8) is 0 Å². The topological polar surface area (TPSA) is 53.7 Å². The standard InChI is InChI=1S/C19H25NO3/c1-4-23-18-8-6-5-7-14(18)11-15(13-20)17-10-9-16(21-2)12-19(17)22-3/h5-10,12,15H,4,11,13,20H2,1-3H3. The molecule has 0 radical (unpaired) electrons. The van der Waals surface area contributed by atoms with Crippen molar-refractivity contribution in [3.05, 3.63) is 53.6 Å². The summed E-state index contributed by atoms with van der Waals surface area (Å²) in [5, 5.41) is 0. The normalized spacial score (nSPS) is 11.8. The lowest BCUT2D eigenvalue weighted by Crippen LogP contribution is -2.16. The summed E-state index contributed by atoms with van der Waals surface area (Å²) >= 11 is 0. The number of ether oxygens (including phenoxy) is 3. The summed E-state index contributed by atoms with van der Waals surface area (Å²) in [5.41, 5.74) is 8.28. The van der Waals surface area contributed by atoms with Crippen LogP contribution in [0.4, 0.5) is 0 Å². The van der Waals surface area contributed by atoms with E-state index in [0.717, 1.165) is 34.8 Å². The Labute approximate surface area is 138 Å². The summed E-state index contributed by atoms with van der Waals surface area (Å²) in [7, 11) is 3.31. The molecule has 0 saturated heterocycles. The van der Waals surface area contributed by atoms with Gasteiger partial charge in [-0.05, 0) is 43.1 Å². The summed E-state index contributed by atoms with van der Waals surface area (Å²) in [6.07, 6.45) is 0.801. The molecule has 2 aromatic rings. The van der Waals surface area contributed by atoms with Crippen molar-refractivity contribution in [3.8, 4) is 17.2 Å². The fraction of sp³-hybridized carbons (Fsp3) is 0.368. The molecule has 0 heterocycles. The predicted molar refractivity (Wildman–Crippen MR) is 92.7 cm³/mol. The molecule has 0 amide bonds. The summed E-state index contributed by atoms with van der Waals surface area (Å²) in [6, 6.07) is 14.0. The molecule has 0 saturated carbocycles. The Bertz CT molecular complexity index is 628. The number of hydrogen-bond donors (Lipinski definition) is 1. The molecule has 0 aliphatic carbocycles. The van der Waals surface area contributed by atoms with Crippen molar-refractivity contribution in [2.45, 2.75) is 19.3 Å². The van der Waals surface area contributed by atoms with E-state index in [0.29, 0.717) is 13.2 Å². The van der Waals surface area contributed by atoms with Gasteiger partial charge >= 0.3 is 0 Å². The Morgan fingerprint density at radius 3 is 2.43 bits per heavy atom. The fourth-order valence-corrected chi connectivity index (χ4v) is 2.71. The third-order valence-electron chi connectivity index (χ3n) is 3.90. The van der Waals surface area contributed by atoms with Crippen LogP contribution in [0, 0.1) is 0 Å². The highest BCUT2D eigenvalue weighted by Gasteiger charge is 2.18. The van der Waals surface area contributed by atoms with E-state index in [4.69, 9.17) is 19.9 Å². The Kier molecular flexibility index (Phi) is 6.29. The molecule has 2 rings (SSSR count). The van der Waals surface area contributed by atoms with Gasteiger partial charge in [0.15, 0.2) is 0 Å². The van der Waals surface area contributed by atoms with Gasteiger partial charge in [0.1, 0.15) is 17.2 Å². The van der Waals surface area contributed by atoms with Crippen molar-refractivity contribution < 1.29 is 14.2 Å². The summed E-state index contributed by atoms with van der Waals surface area (Å²) < 4.78 is 16.5. The molecule has 0 aromatic heterocycles. The van der Waals surface area contributed by atoms with Crippen molar-refractivity contribution in [1.82, 2.24) is 0 Å². The second-order valence-electron chi connectivity index (χ2n) is 5.29. The van der Waals surface area contributed by atoms with Gasteiger partial charge < -0.3 is 19.9 Å². The molecular formula is C19H25NO3. The first-order chi connectivity index (χ1) is 11.2. The van der Waals surface area contributed by atoms with Crippen LogP contribution in [-0.2, 0) is 6.42 Å². The van der Waals surface area contributed by atoms with Gasteiger partial charge in [0, 0.05) is 12.0 Å². The van der Waals surface area contributed by atoms with Crippen molar-refractivity contribution in [1.29, 1.82) is 0 Å². The smallest absolute Gasteiger partial charge is 0.126 e. The molecule has 4 heteroatoms. The van der Waals surface area contributed by atoms with Gasteiger partial charge in [-0.15, -0.1) is 0 Å². The molecule has 124 valence electrons. The molecule has 23 heavy (non-hydrogen) atoms. The number of benzene rings is 2. The Hall–Kier alpha value is -2.20. The van der Waals surface area contributed by atoms with Crippen LogP contribution < -0.4 is 19.9 Å². The van der Waals surface area contributed by atoms with Crippen LogP contribution in [-0.4, -0.2) is 27.4 Å². The quantitative estimate of drug-likeness (QED) is 0.811. The molecule has 2 aromatic carbocycles. The Morgan fingerprint density at radius 1 is 1.00 bits per heavy atom. The monoisotopic (exact) mass is 315 g/mol. The van der Waals surface area contributed by atoms with E-state index >= 15 is 0 Å². The second-order valence-corrected chi connectivity index (χ2v) is 5.29. The minimum Gasteiger partial charge on any atom is -0.497 e. The SMILES string of the molecule is CCOc1ccccc1CC(CN)c1ccc(OC)cc1OC. The maximum Gasteiger partial charge on any atom is 0.126 e. The Morgan fingerprint density at radius 2 is 1.78 bits per heavy atom. The zero-order chi connectivity index (χ0) is 16.7. The van der Waals surface area contributed by atoms with E-state index in [1.165, 1.54) is 0 Å². The zero-order valence-corrected chi connectivity index (χ0v) is 14.0. The lowest BCUT2D eigenvalue weighted by molar-refractivity contribution is 0.335. The number of hydrogen-bond acceptors (Lipinski definition) is 4. The van der Waals surface area contributed by atoms with E-state index in [1.807, 2.05) is 43.3 Å². The first-order valence-corrected chi connectivity index (χ1v) is 7.86. The average molecular weight is 315 g/mol. The molecule has 0 aliphatic heterocycles. The van der Waals surface area contributed by atoms with Gasteiger partial charge in [0.05, 0.1) is 20.8 Å². The van der Waals surface area contributed by atoms with Crippen LogP contribution >= 0.6 is 0 Å². The molecule has 0 bridgehead atoms. The maximum atomic E-state index is 6.04. The van der Waals surface area contributed by atoms with Crippen LogP contribution in [0.2, 0.25) is 0 Å². The van der Waals surface area contributed by atoms with Crippen LogP contribution in [0.3, 0.4) is 0 Å². The lowest BCUT2D eigenvalue weighted by atomic mass is 9.91. The highest BCUT2D eigenvalue weighted by atomic mass is 16.5. The van der Waals surface area contributed by atoms with Gasteiger partial charge in [-0.3, -0.25) is 0 Å². The fourth-order valence-electron chi connectivity index (χ4n) is 2.71. The minimum absolute atomic E-state index is 0.150. The van der Waals surface area contributed by atoms with Gasteiger partial charge in [0.25, 0.3) is 0 Å². The van der Waals surface area contributed by atoms with E-state index in [1.54, 1.807) is 14.2 Å². The highest BCUT2D eigenvalue weighted by molar-refractivity contribution is 5.44. The van der Waals surface area contributed by atoms with E-state index in [9.17, 15) is 0 Å². The van der Waals surface area contributed by atoms with E-state index in [2.05, 4.69) is 6.07 Å². The summed E-state index contributed by atoms with van der Waals surface area (Å²) in [5.74, 6) is 2.64. The molecule has 2 N–H and O–H groups in total. The van der Waals surface area contributed by atoms with Crippen molar-refractivity contribution in [2.75, 3.05) is 27.4 Å².